The molecule has 2 aromatic carbocycles. The topological polar surface area (TPSA) is 67.9 Å². The number of ether oxygens (including phenoxy) is 2. The minimum atomic E-state index is -4.80. The first-order chi connectivity index (χ1) is 16.2. The number of nitrogens with one attached hydrogen (secondary N) is 1. The first-order valence-electron chi connectivity index (χ1n) is 10.6. The summed E-state index contributed by atoms with van der Waals surface area (Å²) in [6.45, 7) is 0.194. The summed E-state index contributed by atoms with van der Waals surface area (Å²) in [6, 6.07) is 9.99. The summed E-state index contributed by atoms with van der Waals surface area (Å²) in [6.07, 6.45) is -3.24. The number of esters is 1. The van der Waals surface area contributed by atoms with E-state index >= 15 is 0 Å². The molecule has 4 rings (SSSR count). The molecule has 2 heterocycles. The van der Waals surface area contributed by atoms with Gasteiger partial charge in [-0.3, -0.25) is 0 Å². The van der Waals surface area contributed by atoms with Crippen molar-refractivity contribution >= 4 is 17.6 Å². The molecular formula is C24H22F4N2O4. The molecule has 1 saturated heterocycles. The van der Waals surface area contributed by atoms with Crippen LogP contribution in [-0.4, -0.2) is 42.5 Å². The molecular weight excluding hydrogens is 456 g/mol. The van der Waals surface area contributed by atoms with Crippen LogP contribution in [0.4, 0.5) is 22.4 Å². The van der Waals surface area contributed by atoms with Crippen LogP contribution in [0.5, 0.6) is 5.75 Å². The fraction of sp³-hybridized carbons (Fsp3) is 0.333. The molecule has 0 aromatic heterocycles. The van der Waals surface area contributed by atoms with Crippen LogP contribution in [0.25, 0.3) is 5.57 Å². The van der Waals surface area contributed by atoms with Gasteiger partial charge in [0.25, 0.3) is 0 Å². The molecule has 1 fully saturated rings. The highest BCUT2D eigenvalue weighted by Gasteiger charge is 2.46. The Balaban J connectivity index is 1.57. The zero-order valence-electron chi connectivity index (χ0n) is 18.2. The van der Waals surface area contributed by atoms with Gasteiger partial charge in [0.2, 0.25) is 0 Å². The lowest BCUT2D eigenvalue weighted by molar-refractivity contribution is -0.274. The van der Waals surface area contributed by atoms with E-state index in [0.29, 0.717) is 36.0 Å². The number of hydrogen-bond donors (Lipinski definition) is 1. The zero-order valence-corrected chi connectivity index (χ0v) is 18.2. The van der Waals surface area contributed by atoms with Crippen molar-refractivity contribution in [1.82, 2.24) is 10.2 Å². The minimum Gasteiger partial charge on any atom is -0.466 e. The van der Waals surface area contributed by atoms with Crippen molar-refractivity contribution in [1.29, 1.82) is 0 Å². The summed E-state index contributed by atoms with van der Waals surface area (Å²) < 4.78 is 59.4. The first kappa shape index (κ1) is 23.6. The van der Waals surface area contributed by atoms with E-state index in [2.05, 4.69) is 10.1 Å². The SMILES string of the molecule is COC(=O)C1=C(c2ccc(OC(F)(F)F)cc2)C[C@@H]2CC[C@H]1N2C(=O)NCc1ccc(F)cc1. The highest BCUT2D eigenvalue weighted by molar-refractivity contribution is 6.01. The maximum absolute atomic E-state index is 13.1. The van der Waals surface area contributed by atoms with E-state index in [9.17, 15) is 27.2 Å². The molecule has 6 nitrogen and oxygen atoms in total. The Labute approximate surface area is 193 Å². The van der Waals surface area contributed by atoms with Gasteiger partial charge >= 0.3 is 18.4 Å². The van der Waals surface area contributed by atoms with E-state index in [0.717, 1.165) is 5.56 Å². The largest absolute Gasteiger partial charge is 0.573 e. The molecule has 2 aromatic rings. The summed E-state index contributed by atoms with van der Waals surface area (Å²) in [7, 11) is 1.24. The van der Waals surface area contributed by atoms with Crippen LogP contribution in [0.3, 0.4) is 0 Å². The second-order valence-electron chi connectivity index (χ2n) is 8.10. The number of methoxy groups -OCH3 is 1. The average Bonchev–Trinajstić information content (AvgIpc) is 3.11. The maximum Gasteiger partial charge on any atom is 0.573 e. The average molecular weight is 478 g/mol. The van der Waals surface area contributed by atoms with Gasteiger partial charge in [0, 0.05) is 12.6 Å². The van der Waals surface area contributed by atoms with Crippen LogP contribution in [0.1, 0.15) is 30.4 Å². The number of carbonyl (C=O) groups excluding carboxylic acids is 2. The molecule has 10 heteroatoms. The summed E-state index contributed by atoms with van der Waals surface area (Å²) in [5.74, 6) is -1.33. The molecule has 0 spiro atoms. The van der Waals surface area contributed by atoms with Crippen molar-refractivity contribution in [2.24, 2.45) is 0 Å². The van der Waals surface area contributed by atoms with Gasteiger partial charge in [-0.25, -0.2) is 14.0 Å². The lowest BCUT2D eigenvalue weighted by atomic mass is 9.88. The van der Waals surface area contributed by atoms with E-state index in [1.807, 2.05) is 0 Å². The van der Waals surface area contributed by atoms with Gasteiger partial charge in [0.15, 0.2) is 0 Å². The van der Waals surface area contributed by atoms with E-state index in [4.69, 9.17) is 4.74 Å². The van der Waals surface area contributed by atoms with Gasteiger partial charge in [0.05, 0.1) is 18.7 Å². The molecule has 0 saturated carbocycles. The molecule has 2 aliphatic heterocycles. The van der Waals surface area contributed by atoms with Crippen LogP contribution >= 0.6 is 0 Å². The molecule has 0 unspecified atom stereocenters. The Kier molecular flexibility index (Phi) is 6.49. The molecule has 2 atom stereocenters. The second kappa shape index (κ2) is 9.36. The normalized spacial score (nSPS) is 19.7. The lowest BCUT2D eigenvalue weighted by Crippen LogP contribution is -2.50. The van der Waals surface area contributed by atoms with E-state index in [1.54, 1.807) is 17.0 Å². The van der Waals surface area contributed by atoms with Gasteiger partial charge in [0.1, 0.15) is 11.6 Å². The minimum absolute atomic E-state index is 0.187. The number of nitrogens with zero attached hydrogens (tertiary/aromatic N) is 1. The molecule has 0 radical (unpaired) electrons. The van der Waals surface area contributed by atoms with Gasteiger partial charge in [-0.1, -0.05) is 24.3 Å². The molecule has 34 heavy (non-hydrogen) atoms. The van der Waals surface area contributed by atoms with Gasteiger partial charge in [-0.2, -0.15) is 0 Å². The summed E-state index contributed by atoms with van der Waals surface area (Å²) in [5, 5.41) is 2.82. The highest BCUT2D eigenvalue weighted by atomic mass is 19.4. The van der Waals surface area contributed by atoms with Crippen molar-refractivity contribution in [3.05, 3.63) is 71.0 Å². The fourth-order valence-corrected chi connectivity index (χ4v) is 4.59. The standard InChI is InChI=1S/C24H22F4N2O4/c1-33-22(31)21-19(15-4-9-18(10-5-15)34-24(26,27)28)12-17-8-11-20(21)30(17)23(32)29-13-14-2-6-16(25)7-3-14/h2-7,9-10,17,20H,8,11-13H2,1H3,(H,29,32)/t17-,20+/m0/s1. The third kappa shape index (κ3) is 5.00. The van der Waals surface area contributed by atoms with E-state index < -0.39 is 18.4 Å². The van der Waals surface area contributed by atoms with E-state index in [1.165, 1.54) is 43.5 Å². The maximum atomic E-state index is 13.1. The summed E-state index contributed by atoms with van der Waals surface area (Å²) in [4.78, 5) is 27.4. The molecule has 2 amide bonds. The molecule has 180 valence electrons. The third-order valence-corrected chi connectivity index (χ3v) is 6.03. The monoisotopic (exact) mass is 478 g/mol. The zero-order chi connectivity index (χ0) is 24.5. The lowest BCUT2D eigenvalue weighted by Gasteiger charge is -2.37. The molecule has 1 N–H and O–H groups in total. The van der Waals surface area contributed by atoms with Crippen LogP contribution in [0, 0.1) is 5.82 Å². The Morgan fingerprint density at radius 3 is 2.35 bits per heavy atom. The Bertz CT molecular complexity index is 1100. The predicted octanol–water partition coefficient (Wildman–Crippen LogP) is 4.80. The fourth-order valence-electron chi connectivity index (χ4n) is 4.59. The van der Waals surface area contributed by atoms with Crippen LogP contribution < -0.4 is 10.1 Å². The third-order valence-electron chi connectivity index (χ3n) is 6.03. The Morgan fingerprint density at radius 1 is 1.06 bits per heavy atom. The number of alkyl halides is 3. The van der Waals surface area contributed by atoms with Crippen molar-refractivity contribution in [2.45, 2.75) is 44.3 Å². The Morgan fingerprint density at radius 2 is 1.74 bits per heavy atom. The van der Waals surface area contributed by atoms with Crippen LogP contribution in [0.15, 0.2) is 54.1 Å². The van der Waals surface area contributed by atoms with Crippen molar-refractivity contribution in [2.75, 3.05) is 7.11 Å². The van der Waals surface area contributed by atoms with Crippen LogP contribution in [-0.2, 0) is 16.1 Å². The van der Waals surface area contributed by atoms with Crippen molar-refractivity contribution < 1.29 is 36.6 Å². The van der Waals surface area contributed by atoms with Gasteiger partial charge in [-0.15, -0.1) is 13.2 Å². The summed E-state index contributed by atoms with van der Waals surface area (Å²) in [5.41, 5.74) is 2.25. The van der Waals surface area contributed by atoms with Crippen molar-refractivity contribution in [3.63, 3.8) is 0 Å². The quantitative estimate of drug-likeness (QED) is 0.496. The first-order valence-corrected chi connectivity index (χ1v) is 10.6. The van der Waals surface area contributed by atoms with Gasteiger partial charge in [-0.05, 0) is 60.2 Å². The highest BCUT2D eigenvalue weighted by Crippen LogP contribution is 2.43. The number of rotatable bonds is 5. The number of carbonyl (C=O) groups is 2. The van der Waals surface area contributed by atoms with E-state index in [-0.39, 0.29) is 30.2 Å². The number of halogens is 4. The molecule has 0 aliphatic carbocycles. The summed E-state index contributed by atoms with van der Waals surface area (Å²) >= 11 is 0. The predicted molar refractivity (Wildman–Crippen MR) is 114 cm³/mol. The van der Waals surface area contributed by atoms with Gasteiger partial charge < -0.3 is 19.7 Å². The smallest absolute Gasteiger partial charge is 0.466 e. The number of urea groups is 1. The second-order valence-corrected chi connectivity index (χ2v) is 8.10. The number of amides is 2. The number of benzene rings is 2. The Hall–Kier alpha value is -3.56. The number of hydrogen-bond acceptors (Lipinski definition) is 4. The van der Waals surface area contributed by atoms with Crippen LogP contribution in [0.2, 0.25) is 0 Å². The number of fused-ring (bicyclic) bond motifs is 2. The molecule has 2 aliphatic rings. The van der Waals surface area contributed by atoms with Crippen molar-refractivity contribution in [3.8, 4) is 5.75 Å². The molecule has 2 bridgehead atoms.